The van der Waals surface area contributed by atoms with Crippen LogP contribution in [0.5, 0.6) is 11.6 Å². The number of nitrogens with zero attached hydrogens (tertiary/aromatic N) is 2. The molecule has 0 aliphatic rings. The molecule has 0 bridgehead atoms. The standard InChI is InChI=1S/C16H18N2O3/c1-10(2)12-6-5-11(3)14(7-12)21-15-9-17-8-13(18-15)16(19)20-4/h5-10H,1-4H3. The summed E-state index contributed by atoms with van der Waals surface area (Å²) in [6, 6.07) is 6.05. The Kier molecular flexibility index (Phi) is 4.52. The maximum atomic E-state index is 11.4. The van der Waals surface area contributed by atoms with Crippen molar-refractivity contribution in [1.29, 1.82) is 0 Å². The van der Waals surface area contributed by atoms with E-state index < -0.39 is 5.97 Å². The van der Waals surface area contributed by atoms with Crippen LogP contribution in [0, 0.1) is 6.92 Å². The van der Waals surface area contributed by atoms with E-state index in [1.165, 1.54) is 25.1 Å². The van der Waals surface area contributed by atoms with E-state index in [-0.39, 0.29) is 11.6 Å². The van der Waals surface area contributed by atoms with E-state index in [1.807, 2.05) is 19.1 Å². The molecule has 2 rings (SSSR count). The van der Waals surface area contributed by atoms with Gasteiger partial charge in [0, 0.05) is 0 Å². The molecule has 0 aliphatic heterocycles. The fraction of sp³-hybridized carbons (Fsp3) is 0.312. The number of ether oxygens (including phenoxy) is 2. The summed E-state index contributed by atoms with van der Waals surface area (Å²) >= 11 is 0. The van der Waals surface area contributed by atoms with Crippen LogP contribution in [-0.2, 0) is 4.74 Å². The molecule has 1 heterocycles. The molecule has 0 radical (unpaired) electrons. The van der Waals surface area contributed by atoms with Crippen LogP contribution in [0.2, 0.25) is 0 Å². The largest absolute Gasteiger partial charge is 0.464 e. The smallest absolute Gasteiger partial charge is 0.358 e. The number of carbonyl (C=O) groups excluding carboxylic acids is 1. The second kappa shape index (κ2) is 6.35. The molecule has 0 aliphatic carbocycles. The molecule has 110 valence electrons. The van der Waals surface area contributed by atoms with Crippen LogP contribution >= 0.6 is 0 Å². The molecule has 0 unspecified atom stereocenters. The zero-order valence-corrected chi connectivity index (χ0v) is 12.6. The molecule has 0 saturated carbocycles. The van der Waals surface area contributed by atoms with Gasteiger partial charge in [0.15, 0.2) is 5.69 Å². The molecule has 0 N–H and O–H groups in total. The first-order valence-corrected chi connectivity index (χ1v) is 6.70. The molecular formula is C16H18N2O3. The lowest BCUT2D eigenvalue weighted by Gasteiger charge is -2.12. The van der Waals surface area contributed by atoms with E-state index >= 15 is 0 Å². The molecule has 5 nitrogen and oxygen atoms in total. The first-order valence-electron chi connectivity index (χ1n) is 6.70. The lowest BCUT2D eigenvalue weighted by Crippen LogP contribution is -2.05. The van der Waals surface area contributed by atoms with Gasteiger partial charge in [0.05, 0.1) is 19.5 Å². The summed E-state index contributed by atoms with van der Waals surface area (Å²) < 4.78 is 10.4. The third kappa shape index (κ3) is 3.56. The molecule has 0 saturated heterocycles. The fourth-order valence-electron chi connectivity index (χ4n) is 1.80. The minimum absolute atomic E-state index is 0.118. The van der Waals surface area contributed by atoms with Crippen LogP contribution in [0.4, 0.5) is 0 Å². The summed E-state index contributed by atoms with van der Waals surface area (Å²) in [7, 11) is 1.30. The minimum atomic E-state index is -0.541. The highest BCUT2D eigenvalue weighted by molar-refractivity contribution is 5.86. The van der Waals surface area contributed by atoms with Crippen molar-refractivity contribution in [1.82, 2.24) is 9.97 Å². The predicted molar refractivity (Wildman–Crippen MR) is 78.7 cm³/mol. The van der Waals surface area contributed by atoms with Gasteiger partial charge in [-0.1, -0.05) is 26.0 Å². The number of methoxy groups -OCH3 is 1. The zero-order chi connectivity index (χ0) is 15.4. The van der Waals surface area contributed by atoms with E-state index in [0.717, 1.165) is 5.56 Å². The molecule has 1 aromatic carbocycles. The third-order valence-corrected chi connectivity index (χ3v) is 3.10. The van der Waals surface area contributed by atoms with Gasteiger partial charge < -0.3 is 9.47 Å². The molecule has 21 heavy (non-hydrogen) atoms. The molecule has 0 spiro atoms. The van der Waals surface area contributed by atoms with Crippen LogP contribution in [-0.4, -0.2) is 23.0 Å². The number of carbonyl (C=O) groups is 1. The average Bonchev–Trinajstić information content (AvgIpc) is 2.48. The normalized spacial score (nSPS) is 10.5. The lowest BCUT2D eigenvalue weighted by molar-refractivity contribution is 0.0592. The second-order valence-electron chi connectivity index (χ2n) is 5.02. The van der Waals surface area contributed by atoms with Crippen LogP contribution in [0.3, 0.4) is 0 Å². The van der Waals surface area contributed by atoms with E-state index in [0.29, 0.717) is 11.7 Å². The molecule has 5 heteroatoms. The predicted octanol–water partition coefficient (Wildman–Crippen LogP) is 3.49. The Morgan fingerprint density at radius 1 is 1.24 bits per heavy atom. The van der Waals surface area contributed by atoms with Crippen molar-refractivity contribution < 1.29 is 14.3 Å². The van der Waals surface area contributed by atoms with Crippen molar-refractivity contribution in [3.63, 3.8) is 0 Å². The van der Waals surface area contributed by atoms with Gasteiger partial charge in [-0.25, -0.2) is 9.78 Å². The second-order valence-corrected chi connectivity index (χ2v) is 5.02. The summed E-state index contributed by atoms with van der Waals surface area (Å²) in [5.74, 6) is 0.834. The van der Waals surface area contributed by atoms with Crippen molar-refractivity contribution in [3.05, 3.63) is 47.4 Å². The van der Waals surface area contributed by atoms with Gasteiger partial charge in [-0.3, -0.25) is 4.98 Å². The van der Waals surface area contributed by atoms with Gasteiger partial charge in [0.25, 0.3) is 0 Å². The third-order valence-electron chi connectivity index (χ3n) is 3.10. The Morgan fingerprint density at radius 2 is 2.00 bits per heavy atom. The van der Waals surface area contributed by atoms with Crippen molar-refractivity contribution >= 4 is 5.97 Å². The first-order chi connectivity index (χ1) is 10.0. The number of aryl methyl sites for hydroxylation is 1. The SMILES string of the molecule is COC(=O)c1cncc(Oc2cc(C(C)C)ccc2C)n1. The molecule has 0 atom stereocenters. The zero-order valence-electron chi connectivity index (χ0n) is 12.6. The maximum Gasteiger partial charge on any atom is 0.358 e. The summed E-state index contributed by atoms with van der Waals surface area (Å²) in [6.07, 6.45) is 2.81. The lowest BCUT2D eigenvalue weighted by atomic mass is 10.0. The van der Waals surface area contributed by atoms with Crippen molar-refractivity contribution in [2.24, 2.45) is 0 Å². The van der Waals surface area contributed by atoms with Crippen LogP contribution in [0.1, 0.15) is 41.4 Å². The van der Waals surface area contributed by atoms with Gasteiger partial charge in [-0.15, -0.1) is 0 Å². The van der Waals surface area contributed by atoms with Crippen molar-refractivity contribution in [2.45, 2.75) is 26.7 Å². The number of rotatable bonds is 4. The Labute approximate surface area is 124 Å². The number of hydrogen-bond acceptors (Lipinski definition) is 5. The van der Waals surface area contributed by atoms with Gasteiger partial charge in [0.1, 0.15) is 5.75 Å². The maximum absolute atomic E-state index is 11.4. The first kappa shape index (κ1) is 15.0. The van der Waals surface area contributed by atoms with Gasteiger partial charge >= 0.3 is 5.97 Å². The van der Waals surface area contributed by atoms with E-state index in [9.17, 15) is 4.79 Å². The summed E-state index contributed by atoms with van der Waals surface area (Å²) in [5.41, 5.74) is 2.28. The van der Waals surface area contributed by atoms with Crippen LogP contribution < -0.4 is 4.74 Å². The topological polar surface area (TPSA) is 61.3 Å². The van der Waals surface area contributed by atoms with Gasteiger partial charge in [0.2, 0.25) is 5.88 Å². The summed E-state index contributed by atoms with van der Waals surface area (Å²) in [6.45, 7) is 6.19. The highest BCUT2D eigenvalue weighted by atomic mass is 16.5. The minimum Gasteiger partial charge on any atom is -0.464 e. The van der Waals surface area contributed by atoms with Crippen molar-refractivity contribution in [2.75, 3.05) is 7.11 Å². The number of esters is 1. The Morgan fingerprint density at radius 3 is 2.67 bits per heavy atom. The summed E-state index contributed by atoms with van der Waals surface area (Å²) in [4.78, 5) is 19.5. The Hall–Kier alpha value is -2.43. The van der Waals surface area contributed by atoms with Crippen LogP contribution in [0.25, 0.3) is 0 Å². The van der Waals surface area contributed by atoms with Gasteiger partial charge in [-0.05, 0) is 30.0 Å². The fourth-order valence-corrected chi connectivity index (χ4v) is 1.80. The number of benzene rings is 1. The van der Waals surface area contributed by atoms with E-state index in [2.05, 4.69) is 34.6 Å². The highest BCUT2D eigenvalue weighted by Gasteiger charge is 2.11. The molecule has 1 aromatic heterocycles. The average molecular weight is 286 g/mol. The Bertz CT molecular complexity index is 654. The van der Waals surface area contributed by atoms with E-state index in [4.69, 9.17) is 4.74 Å². The Balaban J connectivity index is 2.29. The van der Waals surface area contributed by atoms with E-state index in [1.54, 1.807) is 0 Å². The molecule has 2 aromatic rings. The summed E-state index contributed by atoms with van der Waals surface area (Å²) in [5, 5.41) is 0. The monoisotopic (exact) mass is 286 g/mol. The molecular weight excluding hydrogens is 268 g/mol. The quantitative estimate of drug-likeness (QED) is 0.805. The molecule has 0 amide bonds. The number of aromatic nitrogens is 2. The van der Waals surface area contributed by atoms with Gasteiger partial charge in [-0.2, -0.15) is 0 Å². The van der Waals surface area contributed by atoms with Crippen LogP contribution in [0.15, 0.2) is 30.6 Å². The number of hydrogen-bond donors (Lipinski definition) is 0. The van der Waals surface area contributed by atoms with Crippen molar-refractivity contribution in [3.8, 4) is 11.6 Å². The highest BCUT2D eigenvalue weighted by Crippen LogP contribution is 2.27. The molecule has 0 fully saturated rings.